The van der Waals surface area contributed by atoms with Crippen LogP contribution in [0, 0.1) is 0 Å². The molecule has 2 aromatic rings. The zero-order chi connectivity index (χ0) is 18.6. The second-order valence-electron chi connectivity index (χ2n) is 6.26. The predicted octanol–water partition coefficient (Wildman–Crippen LogP) is 6.97. The van der Waals surface area contributed by atoms with Gasteiger partial charge in [0.15, 0.2) is 0 Å². The highest BCUT2D eigenvalue weighted by Crippen LogP contribution is 2.30. The summed E-state index contributed by atoms with van der Waals surface area (Å²) in [7, 11) is 0. The average molecular weight is 369 g/mol. The smallest absolute Gasteiger partial charge is 0.336 e. The number of carbonyl (C=O) groups is 1. The molecule has 0 aliphatic rings. The lowest BCUT2D eigenvalue weighted by atomic mass is 10.1. The number of esters is 1. The summed E-state index contributed by atoms with van der Waals surface area (Å²) in [5, 5.41) is 0. The molecular weight excluding hydrogens is 340 g/mol. The predicted molar refractivity (Wildman–Crippen MR) is 112 cm³/mol. The molecule has 2 nitrogen and oxygen atoms in total. The van der Waals surface area contributed by atoms with Crippen molar-refractivity contribution in [3.8, 4) is 16.2 Å². The van der Waals surface area contributed by atoms with Gasteiger partial charge in [-0.3, -0.25) is 0 Å². The number of unbranched alkanes of at least 4 members (excludes halogenated alkanes) is 4. The molecule has 138 valence electrons. The Balaban J connectivity index is 1.87. The molecule has 1 aromatic heterocycles. The van der Waals surface area contributed by atoms with Gasteiger partial charge < -0.3 is 4.74 Å². The van der Waals surface area contributed by atoms with E-state index in [2.05, 4.69) is 19.1 Å². The van der Waals surface area contributed by atoms with Crippen LogP contribution in [0.25, 0.3) is 10.4 Å². The van der Waals surface area contributed by atoms with Crippen molar-refractivity contribution in [1.82, 2.24) is 0 Å². The van der Waals surface area contributed by atoms with E-state index in [-0.39, 0.29) is 5.97 Å². The van der Waals surface area contributed by atoms with Crippen molar-refractivity contribution in [3.63, 3.8) is 0 Å². The number of carbonyl (C=O) groups excluding carboxylic acids is 1. The van der Waals surface area contributed by atoms with Crippen LogP contribution in [0.15, 0.2) is 60.7 Å². The minimum atomic E-state index is -0.364. The van der Waals surface area contributed by atoms with Gasteiger partial charge in [-0.05, 0) is 61.7 Å². The number of aryl methyl sites for hydroxylation is 1. The molecule has 0 saturated heterocycles. The third kappa shape index (κ3) is 7.01. The van der Waals surface area contributed by atoms with Crippen LogP contribution in [-0.2, 0) is 11.2 Å². The van der Waals surface area contributed by atoms with Crippen molar-refractivity contribution >= 4 is 17.3 Å². The molecule has 3 heteroatoms. The van der Waals surface area contributed by atoms with Gasteiger partial charge in [0, 0.05) is 15.8 Å². The number of hydrogen-bond acceptors (Lipinski definition) is 3. The Hall–Kier alpha value is -2.13. The number of thiophene rings is 1. The number of benzene rings is 1. The van der Waals surface area contributed by atoms with E-state index in [1.807, 2.05) is 48.6 Å². The Morgan fingerprint density at radius 1 is 1.00 bits per heavy atom. The fraction of sp³-hybridized carbons (Fsp3) is 0.348. The van der Waals surface area contributed by atoms with E-state index < -0.39 is 0 Å². The molecule has 0 bridgehead atoms. The van der Waals surface area contributed by atoms with Gasteiger partial charge in [0.05, 0.1) is 0 Å². The maximum atomic E-state index is 11.7. The summed E-state index contributed by atoms with van der Waals surface area (Å²) < 4.78 is 5.29. The van der Waals surface area contributed by atoms with Gasteiger partial charge in [0.1, 0.15) is 5.75 Å². The van der Waals surface area contributed by atoms with Crippen LogP contribution in [0.4, 0.5) is 0 Å². The van der Waals surface area contributed by atoms with Crippen molar-refractivity contribution in [2.24, 2.45) is 0 Å². The van der Waals surface area contributed by atoms with Gasteiger partial charge in [0.2, 0.25) is 0 Å². The van der Waals surface area contributed by atoms with Crippen molar-refractivity contribution < 1.29 is 9.53 Å². The van der Waals surface area contributed by atoms with Gasteiger partial charge in [-0.15, -0.1) is 11.3 Å². The molecule has 2 rings (SSSR count). The monoisotopic (exact) mass is 368 g/mol. The van der Waals surface area contributed by atoms with Gasteiger partial charge in [-0.2, -0.15) is 0 Å². The van der Waals surface area contributed by atoms with E-state index in [4.69, 9.17) is 4.74 Å². The van der Waals surface area contributed by atoms with Crippen LogP contribution in [-0.4, -0.2) is 5.97 Å². The highest BCUT2D eigenvalue weighted by atomic mass is 32.1. The fourth-order valence-corrected chi connectivity index (χ4v) is 3.71. The Morgan fingerprint density at radius 3 is 2.50 bits per heavy atom. The average Bonchev–Trinajstić information content (AvgIpc) is 3.11. The van der Waals surface area contributed by atoms with Crippen molar-refractivity contribution in [2.75, 3.05) is 0 Å². The molecule has 0 aliphatic carbocycles. The maximum Gasteiger partial charge on any atom is 0.336 e. The topological polar surface area (TPSA) is 26.3 Å². The molecule has 0 spiro atoms. The first-order valence-corrected chi connectivity index (χ1v) is 10.2. The van der Waals surface area contributed by atoms with Crippen LogP contribution >= 0.6 is 11.3 Å². The Morgan fingerprint density at radius 2 is 1.77 bits per heavy atom. The lowest BCUT2D eigenvalue weighted by Gasteiger charge is -2.03. The van der Waals surface area contributed by atoms with E-state index in [1.54, 1.807) is 12.2 Å². The zero-order valence-electron chi connectivity index (χ0n) is 15.7. The summed E-state index contributed by atoms with van der Waals surface area (Å²) in [6.45, 7) is 4.15. The summed E-state index contributed by atoms with van der Waals surface area (Å²) in [5.74, 6) is 0.203. The molecule has 1 aromatic carbocycles. The van der Waals surface area contributed by atoms with Gasteiger partial charge >= 0.3 is 5.97 Å². The summed E-state index contributed by atoms with van der Waals surface area (Å²) in [6, 6.07) is 12.1. The first-order valence-electron chi connectivity index (χ1n) is 9.43. The van der Waals surface area contributed by atoms with Crippen molar-refractivity contribution in [1.29, 1.82) is 0 Å². The normalized spacial score (nSPS) is 11.5. The first-order chi connectivity index (χ1) is 12.7. The Bertz CT molecular complexity index is 723. The molecule has 0 atom stereocenters. The van der Waals surface area contributed by atoms with Crippen molar-refractivity contribution in [3.05, 3.63) is 65.6 Å². The van der Waals surface area contributed by atoms with Crippen LogP contribution in [0.1, 0.15) is 50.8 Å². The van der Waals surface area contributed by atoms with Crippen molar-refractivity contribution in [2.45, 2.75) is 52.4 Å². The first kappa shape index (κ1) is 20.2. The molecule has 1 heterocycles. The quantitative estimate of drug-likeness (QED) is 0.149. The Kier molecular flexibility index (Phi) is 8.91. The molecule has 0 N–H and O–H groups in total. The third-order valence-electron chi connectivity index (χ3n) is 4.08. The fourth-order valence-electron chi connectivity index (χ4n) is 2.65. The minimum Gasteiger partial charge on any atom is -0.423 e. The van der Waals surface area contributed by atoms with E-state index in [0.717, 1.165) is 5.56 Å². The maximum absolute atomic E-state index is 11.7. The molecule has 0 amide bonds. The number of hydrogen-bond donors (Lipinski definition) is 0. The number of ether oxygens (including phenoxy) is 1. The molecule has 0 saturated carbocycles. The van der Waals surface area contributed by atoms with Gasteiger partial charge in [0.25, 0.3) is 0 Å². The third-order valence-corrected chi connectivity index (χ3v) is 5.28. The molecule has 0 fully saturated rings. The summed E-state index contributed by atoms with van der Waals surface area (Å²) in [6.07, 6.45) is 14.5. The highest BCUT2D eigenvalue weighted by Gasteiger charge is 2.05. The Labute approximate surface area is 161 Å². The molecule has 0 unspecified atom stereocenters. The lowest BCUT2D eigenvalue weighted by molar-refractivity contribution is -0.128. The van der Waals surface area contributed by atoms with Gasteiger partial charge in [-0.1, -0.05) is 50.8 Å². The molecule has 0 radical (unpaired) electrons. The standard InChI is InChI=1S/C23H28O2S/c1-3-5-7-8-10-11-21-17-18-22(26-21)19-13-15-20(16-14-19)25-23(24)12-9-6-4-2/h4,6,9,12-18H,3,5,7-8,10-11H2,1-2H3/b6-4+,12-9+. The van der Waals surface area contributed by atoms with E-state index in [0.29, 0.717) is 5.75 Å². The molecule has 26 heavy (non-hydrogen) atoms. The minimum absolute atomic E-state index is 0.364. The molecule has 0 aliphatic heterocycles. The number of allylic oxidation sites excluding steroid dienone is 3. The van der Waals surface area contributed by atoms with Crippen LogP contribution in [0.2, 0.25) is 0 Å². The SMILES string of the molecule is C/C=C/C=C/C(=O)Oc1ccc(-c2ccc(CCCCCCC)s2)cc1. The van der Waals surface area contributed by atoms with E-state index >= 15 is 0 Å². The summed E-state index contributed by atoms with van der Waals surface area (Å²) in [4.78, 5) is 14.4. The van der Waals surface area contributed by atoms with E-state index in [1.165, 1.54) is 54.4 Å². The van der Waals surface area contributed by atoms with Crippen LogP contribution in [0.3, 0.4) is 0 Å². The van der Waals surface area contributed by atoms with Crippen LogP contribution in [0.5, 0.6) is 5.75 Å². The second kappa shape index (κ2) is 11.5. The second-order valence-corrected chi connectivity index (χ2v) is 7.43. The summed E-state index contributed by atoms with van der Waals surface area (Å²) >= 11 is 1.86. The lowest BCUT2D eigenvalue weighted by Crippen LogP contribution is -2.03. The zero-order valence-corrected chi connectivity index (χ0v) is 16.6. The molecular formula is C23H28O2S. The van der Waals surface area contributed by atoms with E-state index in [9.17, 15) is 4.79 Å². The van der Waals surface area contributed by atoms with Gasteiger partial charge in [-0.25, -0.2) is 4.79 Å². The van der Waals surface area contributed by atoms with Crippen LogP contribution < -0.4 is 4.74 Å². The number of rotatable bonds is 10. The highest BCUT2D eigenvalue weighted by molar-refractivity contribution is 7.15. The summed E-state index contributed by atoms with van der Waals surface area (Å²) in [5.41, 5.74) is 1.16. The largest absolute Gasteiger partial charge is 0.423 e.